The first-order valence-corrected chi connectivity index (χ1v) is 11.8. The van der Waals surface area contributed by atoms with Crippen LogP contribution in [0.15, 0.2) is 47.8 Å². The van der Waals surface area contributed by atoms with E-state index < -0.39 is 6.04 Å². The fourth-order valence-corrected chi connectivity index (χ4v) is 5.04. The number of benzene rings is 2. The van der Waals surface area contributed by atoms with Gasteiger partial charge in [0, 0.05) is 22.5 Å². The van der Waals surface area contributed by atoms with Crippen LogP contribution in [-0.4, -0.2) is 40.2 Å². The molecule has 1 atom stereocenters. The minimum absolute atomic E-state index is 0.0912. The Morgan fingerprint density at radius 3 is 2.67 bits per heavy atom. The lowest BCUT2D eigenvalue weighted by molar-refractivity contribution is -0.127. The van der Waals surface area contributed by atoms with Crippen molar-refractivity contribution in [3.05, 3.63) is 70.1 Å². The molecule has 1 aromatic heterocycles. The standard InChI is InChI=1S/C25H24N4O3S/c1-14-7-10-17(15(2)11-14)20-13-33-25(27-20)28-21(30)12-26-23(31)22-18-5-3-4-6-19(18)24(32)29(22)16-8-9-16/h3-7,10-11,13,16,22H,8-9,12H2,1-2H3,(H,26,31)(H,27,28,30). The molecule has 8 heteroatoms. The largest absolute Gasteiger partial charge is 0.345 e. The Bertz CT molecular complexity index is 1260. The molecule has 1 saturated carbocycles. The summed E-state index contributed by atoms with van der Waals surface area (Å²) in [6.07, 6.45) is 1.80. The maximum absolute atomic E-state index is 13.0. The number of carbonyl (C=O) groups is 3. The SMILES string of the molecule is Cc1ccc(-c2csc(NC(=O)CNC(=O)C3c4ccccc4C(=O)N3C3CC3)n2)c(C)c1. The number of carbonyl (C=O) groups excluding carboxylic acids is 3. The topological polar surface area (TPSA) is 91.4 Å². The molecule has 0 spiro atoms. The summed E-state index contributed by atoms with van der Waals surface area (Å²) < 4.78 is 0. The van der Waals surface area contributed by atoms with E-state index in [9.17, 15) is 14.4 Å². The summed E-state index contributed by atoms with van der Waals surface area (Å²) in [5, 5.41) is 7.84. The molecule has 0 saturated heterocycles. The summed E-state index contributed by atoms with van der Waals surface area (Å²) >= 11 is 1.34. The van der Waals surface area contributed by atoms with Gasteiger partial charge >= 0.3 is 0 Å². The van der Waals surface area contributed by atoms with Gasteiger partial charge in [0.2, 0.25) is 11.8 Å². The number of fused-ring (bicyclic) bond motifs is 1. The fourth-order valence-electron chi connectivity index (χ4n) is 4.32. The lowest BCUT2D eigenvalue weighted by atomic mass is 10.0. The smallest absolute Gasteiger partial charge is 0.255 e. The van der Waals surface area contributed by atoms with Crippen LogP contribution in [0.1, 0.15) is 45.9 Å². The number of aryl methyl sites for hydroxylation is 2. The van der Waals surface area contributed by atoms with E-state index in [-0.39, 0.29) is 30.3 Å². The van der Waals surface area contributed by atoms with Crippen LogP contribution in [0, 0.1) is 13.8 Å². The molecule has 1 unspecified atom stereocenters. The second-order valence-electron chi connectivity index (χ2n) is 8.56. The molecule has 2 N–H and O–H groups in total. The van der Waals surface area contributed by atoms with E-state index in [2.05, 4.69) is 21.7 Å². The van der Waals surface area contributed by atoms with Crippen molar-refractivity contribution in [1.29, 1.82) is 0 Å². The Morgan fingerprint density at radius 1 is 1.12 bits per heavy atom. The van der Waals surface area contributed by atoms with Crippen molar-refractivity contribution in [2.45, 2.75) is 38.8 Å². The number of nitrogens with zero attached hydrogens (tertiary/aromatic N) is 2. The average Bonchev–Trinajstić information content (AvgIpc) is 3.46. The number of aromatic nitrogens is 1. The normalized spacial score (nSPS) is 17.1. The zero-order valence-electron chi connectivity index (χ0n) is 18.4. The minimum atomic E-state index is -0.690. The van der Waals surface area contributed by atoms with Crippen LogP contribution < -0.4 is 10.6 Å². The molecule has 2 heterocycles. The molecule has 33 heavy (non-hydrogen) atoms. The molecule has 168 valence electrons. The number of rotatable bonds is 6. The van der Waals surface area contributed by atoms with Crippen LogP contribution in [0.3, 0.4) is 0 Å². The summed E-state index contributed by atoms with van der Waals surface area (Å²) in [5.41, 5.74) is 5.40. The highest BCUT2D eigenvalue weighted by atomic mass is 32.1. The zero-order chi connectivity index (χ0) is 23.1. The summed E-state index contributed by atoms with van der Waals surface area (Å²) in [4.78, 5) is 44.5. The molecule has 3 amide bonds. The zero-order valence-corrected chi connectivity index (χ0v) is 19.2. The second-order valence-corrected chi connectivity index (χ2v) is 9.41. The van der Waals surface area contributed by atoms with Crippen molar-refractivity contribution in [2.75, 3.05) is 11.9 Å². The van der Waals surface area contributed by atoms with Gasteiger partial charge in [0.1, 0.15) is 6.04 Å². The van der Waals surface area contributed by atoms with E-state index in [4.69, 9.17) is 0 Å². The molecule has 7 nitrogen and oxygen atoms in total. The van der Waals surface area contributed by atoms with Crippen LogP contribution >= 0.6 is 11.3 Å². The van der Waals surface area contributed by atoms with Crippen molar-refractivity contribution in [1.82, 2.24) is 15.2 Å². The van der Waals surface area contributed by atoms with Gasteiger partial charge in [0.25, 0.3) is 5.91 Å². The third-order valence-corrected chi connectivity index (χ3v) is 6.78. The number of anilines is 1. The summed E-state index contributed by atoms with van der Waals surface area (Å²) in [6, 6.07) is 12.7. The van der Waals surface area contributed by atoms with Gasteiger partial charge in [-0.2, -0.15) is 0 Å². The van der Waals surface area contributed by atoms with Crippen LogP contribution in [0.2, 0.25) is 0 Å². The summed E-state index contributed by atoms with van der Waals surface area (Å²) in [6.45, 7) is 3.89. The molecule has 2 aromatic carbocycles. The molecule has 0 bridgehead atoms. The first kappa shape index (κ1) is 21.3. The van der Waals surface area contributed by atoms with Gasteiger partial charge < -0.3 is 15.5 Å². The van der Waals surface area contributed by atoms with Crippen LogP contribution in [0.4, 0.5) is 5.13 Å². The molecule has 0 radical (unpaired) electrons. The van der Waals surface area contributed by atoms with E-state index in [0.717, 1.165) is 29.7 Å². The summed E-state index contributed by atoms with van der Waals surface area (Å²) in [7, 11) is 0. The van der Waals surface area contributed by atoms with Gasteiger partial charge in [-0.3, -0.25) is 14.4 Å². The van der Waals surface area contributed by atoms with Crippen LogP contribution in [0.25, 0.3) is 11.3 Å². The van der Waals surface area contributed by atoms with E-state index in [1.54, 1.807) is 17.0 Å². The Hall–Kier alpha value is -3.52. The highest BCUT2D eigenvalue weighted by Gasteiger charge is 2.47. The van der Waals surface area contributed by atoms with Gasteiger partial charge in [0.05, 0.1) is 12.2 Å². The van der Waals surface area contributed by atoms with Gasteiger partial charge in [-0.05, 0) is 43.9 Å². The minimum Gasteiger partial charge on any atom is -0.345 e. The molecule has 1 aliphatic heterocycles. The van der Waals surface area contributed by atoms with E-state index in [0.29, 0.717) is 16.3 Å². The molecule has 5 rings (SSSR count). The monoisotopic (exact) mass is 460 g/mol. The number of hydrogen-bond acceptors (Lipinski definition) is 5. The molecule has 3 aromatic rings. The number of amides is 3. The molecule has 1 aliphatic carbocycles. The highest BCUT2D eigenvalue weighted by Crippen LogP contribution is 2.41. The number of hydrogen-bond donors (Lipinski definition) is 2. The van der Waals surface area contributed by atoms with Gasteiger partial charge in [-0.15, -0.1) is 11.3 Å². The van der Waals surface area contributed by atoms with Crippen LogP contribution in [0.5, 0.6) is 0 Å². The Balaban J connectivity index is 1.23. The van der Waals surface area contributed by atoms with Gasteiger partial charge in [-0.1, -0.05) is 42.0 Å². The second kappa shape index (κ2) is 8.44. The van der Waals surface area contributed by atoms with Crippen molar-refractivity contribution in [3.8, 4) is 11.3 Å². The van der Waals surface area contributed by atoms with E-state index in [1.807, 2.05) is 43.5 Å². The highest BCUT2D eigenvalue weighted by molar-refractivity contribution is 7.14. The van der Waals surface area contributed by atoms with E-state index >= 15 is 0 Å². The van der Waals surface area contributed by atoms with Crippen molar-refractivity contribution in [2.24, 2.45) is 0 Å². The third-order valence-electron chi connectivity index (χ3n) is 6.02. The maximum Gasteiger partial charge on any atom is 0.255 e. The first-order valence-electron chi connectivity index (χ1n) is 10.9. The van der Waals surface area contributed by atoms with Crippen molar-refractivity contribution < 1.29 is 14.4 Å². The maximum atomic E-state index is 13.0. The fraction of sp³-hybridized carbons (Fsp3) is 0.280. The lowest BCUT2D eigenvalue weighted by Gasteiger charge is -2.24. The predicted octanol–water partition coefficient (Wildman–Crippen LogP) is 3.84. The Kier molecular flexibility index (Phi) is 5.46. The summed E-state index contributed by atoms with van der Waals surface area (Å²) in [5.74, 6) is -0.815. The Labute approximate surface area is 195 Å². The molecular weight excluding hydrogens is 436 g/mol. The molecule has 2 aliphatic rings. The van der Waals surface area contributed by atoms with E-state index in [1.165, 1.54) is 16.9 Å². The van der Waals surface area contributed by atoms with Gasteiger partial charge in [-0.25, -0.2) is 4.98 Å². The van der Waals surface area contributed by atoms with Crippen molar-refractivity contribution in [3.63, 3.8) is 0 Å². The first-order chi connectivity index (χ1) is 15.9. The average molecular weight is 461 g/mol. The number of thiazole rings is 1. The predicted molar refractivity (Wildman–Crippen MR) is 127 cm³/mol. The van der Waals surface area contributed by atoms with Gasteiger partial charge in [0.15, 0.2) is 5.13 Å². The quantitative estimate of drug-likeness (QED) is 0.585. The molecule has 1 fully saturated rings. The Morgan fingerprint density at radius 2 is 1.91 bits per heavy atom. The van der Waals surface area contributed by atoms with Crippen LogP contribution in [-0.2, 0) is 9.59 Å². The third kappa shape index (κ3) is 4.14. The lowest BCUT2D eigenvalue weighted by Crippen LogP contribution is -2.42. The van der Waals surface area contributed by atoms with Crippen molar-refractivity contribution >= 4 is 34.2 Å². The molecular formula is C25H24N4O3S. The number of nitrogens with one attached hydrogen (secondary N) is 2.